The van der Waals surface area contributed by atoms with Gasteiger partial charge >= 0.3 is 0 Å². The zero-order chi connectivity index (χ0) is 12.3. The smallest absolute Gasteiger partial charge is 0.272 e. The van der Waals surface area contributed by atoms with E-state index in [-0.39, 0.29) is 12.0 Å². The Balaban J connectivity index is 2.07. The van der Waals surface area contributed by atoms with E-state index in [1.807, 2.05) is 6.92 Å². The van der Waals surface area contributed by atoms with Crippen LogP contribution in [0.25, 0.3) is 0 Å². The van der Waals surface area contributed by atoms with E-state index in [4.69, 9.17) is 10.6 Å². The van der Waals surface area contributed by atoms with Gasteiger partial charge in [-0.2, -0.15) is 0 Å². The van der Waals surface area contributed by atoms with Crippen LogP contribution in [-0.2, 0) is 4.74 Å². The van der Waals surface area contributed by atoms with Crippen molar-refractivity contribution in [1.29, 1.82) is 0 Å². The average molecular weight is 236 g/mol. The third-order valence-electron chi connectivity index (χ3n) is 2.68. The molecular formula is C11H16N4O2. The molecule has 0 aliphatic carbocycles. The molecule has 3 N–H and O–H groups in total. The summed E-state index contributed by atoms with van der Waals surface area (Å²) >= 11 is 0. The lowest BCUT2D eigenvalue weighted by molar-refractivity contribution is -0.0126. The maximum atomic E-state index is 12.1. The van der Waals surface area contributed by atoms with Crippen LogP contribution in [0.2, 0.25) is 0 Å². The number of hydrogen-bond donors (Lipinski definition) is 2. The molecule has 2 rings (SSSR count). The van der Waals surface area contributed by atoms with Crippen LogP contribution < -0.4 is 11.3 Å². The number of rotatable bonds is 2. The van der Waals surface area contributed by atoms with Crippen LogP contribution in [0.15, 0.2) is 18.3 Å². The monoisotopic (exact) mass is 236 g/mol. The standard InChI is InChI=1S/C11H16N4O2/c1-8-7-15(4-5-17-8)11(16)10-3-2-9(14-12)6-13-10/h2-3,6,8,14H,4-5,7,12H2,1H3. The lowest BCUT2D eigenvalue weighted by atomic mass is 10.2. The molecular weight excluding hydrogens is 220 g/mol. The summed E-state index contributed by atoms with van der Waals surface area (Å²) in [6, 6.07) is 3.39. The number of hydrogen-bond acceptors (Lipinski definition) is 5. The van der Waals surface area contributed by atoms with Crippen molar-refractivity contribution in [2.45, 2.75) is 13.0 Å². The Morgan fingerprint density at radius 1 is 1.65 bits per heavy atom. The number of pyridine rings is 1. The first-order valence-electron chi connectivity index (χ1n) is 5.54. The molecule has 0 bridgehead atoms. The van der Waals surface area contributed by atoms with Crippen molar-refractivity contribution >= 4 is 11.6 Å². The Hall–Kier alpha value is -1.66. The molecule has 1 aromatic heterocycles. The molecule has 0 radical (unpaired) electrons. The van der Waals surface area contributed by atoms with E-state index in [9.17, 15) is 4.79 Å². The second-order valence-electron chi connectivity index (χ2n) is 4.01. The number of aromatic nitrogens is 1. The molecule has 1 aliphatic heterocycles. The predicted octanol–water partition coefficient (Wildman–Crippen LogP) is 0.228. The summed E-state index contributed by atoms with van der Waals surface area (Å²) in [5.74, 6) is 5.17. The van der Waals surface area contributed by atoms with Gasteiger partial charge in [0.1, 0.15) is 5.69 Å². The van der Waals surface area contributed by atoms with Gasteiger partial charge in [-0.05, 0) is 19.1 Å². The highest BCUT2D eigenvalue weighted by atomic mass is 16.5. The number of amides is 1. The molecule has 1 unspecified atom stereocenters. The highest BCUT2D eigenvalue weighted by Crippen LogP contribution is 2.10. The molecule has 17 heavy (non-hydrogen) atoms. The van der Waals surface area contributed by atoms with Gasteiger partial charge in [0.25, 0.3) is 5.91 Å². The van der Waals surface area contributed by atoms with E-state index in [2.05, 4.69) is 10.4 Å². The maximum Gasteiger partial charge on any atom is 0.272 e. The number of nitrogens with two attached hydrogens (primary N) is 1. The molecule has 0 saturated carbocycles. The molecule has 1 aliphatic rings. The van der Waals surface area contributed by atoms with Crippen molar-refractivity contribution < 1.29 is 9.53 Å². The van der Waals surface area contributed by atoms with Crippen molar-refractivity contribution in [2.24, 2.45) is 5.84 Å². The molecule has 92 valence electrons. The number of hydrazine groups is 1. The normalized spacial score (nSPS) is 20.1. The molecule has 1 saturated heterocycles. The van der Waals surface area contributed by atoms with Gasteiger partial charge in [-0.25, -0.2) is 4.98 Å². The lowest BCUT2D eigenvalue weighted by Gasteiger charge is -2.30. The quantitative estimate of drug-likeness (QED) is 0.567. The number of anilines is 1. The largest absolute Gasteiger partial charge is 0.375 e. The number of carbonyl (C=O) groups is 1. The van der Waals surface area contributed by atoms with Gasteiger partial charge in [0.2, 0.25) is 0 Å². The highest BCUT2D eigenvalue weighted by molar-refractivity contribution is 5.92. The van der Waals surface area contributed by atoms with Crippen molar-refractivity contribution in [3.05, 3.63) is 24.0 Å². The Morgan fingerprint density at radius 2 is 2.47 bits per heavy atom. The summed E-state index contributed by atoms with van der Waals surface area (Å²) in [6.45, 7) is 3.75. The van der Waals surface area contributed by atoms with Crippen molar-refractivity contribution in [2.75, 3.05) is 25.1 Å². The molecule has 1 fully saturated rings. The van der Waals surface area contributed by atoms with E-state index in [1.54, 1.807) is 17.0 Å². The second-order valence-corrected chi connectivity index (χ2v) is 4.01. The molecule has 0 aromatic carbocycles. The zero-order valence-electron chi connectivity index (χ0n) is 9.72. The van der Waals surface area contributed by atoms with Gasteiger partial charge in [-0.1, -0.05) is 0 Å². The number of nitrogens with one attached hydrogen (secondary N) is 1. The van der Waals surface area contributed by atoms with Gasteiger partial charge < -0.3 is 15.1 Å². The van der Waals surface area contributed by atoms with Crippen LogP contribution >= 0.6 is 0 Å². The first-order valence-corrected chi connectivity index (χ1v) is 5.54. The van der Waals surface area contributed by atoms with Gasteiger partial charge in [-0.3, -0.25) is 10.6 Å². The first-order chi connectivity index (χ1) is 8.20. The van der Waals surface area contributed by atoms with E-state index in [0.717, 1.165) is 0 Å². The van der Waals surface area contributed by atoms with Crippen LogP contribution in [0.5, 0.6) is 0 Å². The molecule has 1 amide bonds. The van der Waals surface area contributed by atoms with Crippen molar-refractivity contribution in [3.8, 4) is 0 Å². The van der Waals surface area contributed by atoms with Crippen molar-refractivity contribution in [3.63, 3.8) is 0 Å². The van der Waals surface area contributed by atoms with E-state index in [0.29, 0.717) is 31.1 Å². The Labute approximate surface area is 99.7 Å². The number of nitrogens with zero attached hydrogens (tertiary/aromatic N) is 2. The molecule has 6 nitrogen and oxygen atoms in total. The average Bonchev–Trinajstić information content (AvgIpc) is 2.38. The van der Waals surface area contributed by atoms with Crippen LogP contribution in [0.3, 0.4) is 0 Å². The zero-order valence-corrected chi connectivity index (χ0v) is 9.72. The summed E-state index contributed by atoms with van der Waals surface area (Å²) in [5, 5.41) is 0. The van der Waals surface area contributed by atoms with E-state index >= 15 is 0 Å². The summed E-state index contributed by atoms with van der Waals surface area (Å²) < 4.78 is 5.39. The van der Waals surface area contributed by atoms with Crippen LogP contribution in [-0.4, -0.2) is 41.6 Å². The summed E-state index contributed by atoms with van der Waals surface area (Å²) in [4.78, 5) is 17.9. The Bertz CT molecular complexity index is 393. The molecule has 2 heterocycles. The van der Waals surface area contributed by atoms with E-state index in [1.165, 1.54) is 6.20 Å². The third kappa shape index (κ3) is 2.72. The third-order valence-corrected chi connectivity index (χ3v) is 2.68. The van der Waals surface area contributed by atoms with Crippen LogP contribution in [0.4, 0.5) is 5.69 Å². The molecule has 6 heteroatoms. The van der Waals surface area contributed by atoms with Gasteiger partial charge in [-0.15, -0.1) is 0 Å². The second kappa shape index (κ2) is 5.11. The van der Waals surface area contributed by atoms with Gasteiger partial charge in [0.05, 0.1) is 24.6 Å². The van der Waals surface area contributed by atoms with Crippen LogP contribution in [0, 0.1) is 0 Å². The molecule has 1 aromatic rings. The number of ether oxygens (including phenoxy) is 1. The predicted molar refractivity (Wildman–Crippen MR) is 63.4 cm³/mol. The first kappa shape index (κ1) is 11.8. The summed E-state index contributed by atoms with van der Waals surface area (Å²) in [7, 11) is 0. The summed E-state index contributed by atoms with van der Waals surface area (Å²) in [6.07, 6.45) is 1.62. The van der Waals surface area contributed by atoms with Gasteiger partial charge in [0, 0.05) is 13.1 Å². The SMILES string of the molecule is CC1CN(C(=O)c2ccc(NN)cn2)CCO1. The fourth-order valence-electron chi connectivity index (χ4n) is 1.77. The minimum atomic E-state index is -0.0660. The molecule has 0 spiro atoms. The fourth-order valence-corrected chi connectivity index (χ4v) is 1.77. The van der Waals surface area contributed by atoms with E-state index < -0.39 is 0 Å². The lowest BCUT2D eigenvalue weighted by Crippen LogP contribution is -2.44. The summed E-state index contributed by atoms with van der Waals surface area (Å²) in [5.41, 5.74) is 3.58. The maximum absolute atomic E-state index is 12.1. The topological polar surface area (TPSA) is 80.5 Å². The highest BCUT2D eigenvalue weighted by Gasteiger charge is 2.23. The Kier molecular flexibility index (Phi) is 3.55. The van der Waals surface area contributed by atoms with Crippen molar-refractivity contribution in [1.82, 2.24) is 9.88 Å². The number of carbonyl (C=O) groups excluding carboxylic acids is 1. The number of morpholine rings is 1. The minimum Gasteiger partial charge on any atom is -0.375 e. The fraction of sp³-hybridized carbons (Fsp3) is 0.455. The molecule has 1 atom stereocenters. The van der Waals surface area contributed by atoms with Gasteiger partial charge in [0.15, 0.2) is 0 Å². The number of nitrogen functional groups attached to an aromatic ring is 1. The minimum absolute atomic E-state index is 0.0660. The van der Waals surface area contributed by atoms with Crippen LogP contribution in [0.1, 0.15) is 17.4 Å². The Morgan fingerprint density at radius 3 is 3.06 bits per heavy atom.